The standard InChI is InChI=1S/C14H20N6O4/c1-4-16-11-7-12(19-6(2)18-11)20(5-17-7)14-9(22)8(21)10(24-14)13(23)15-3/h5,8-10,14,21-22H,4H2,1-3H3,(H,15,23)(H,16,18,19)/t8-,9+,10-,14+/m0/s1. The van der Waals surface area contributed by atoms with Crippen LogP contribution in [0.1, 0.15) is 19.0 Å². The third-order valence-electron chi connectivity index (χ3n) is 3.89. The van der Waals surface area contributed by atoms with E-state index in [0.29, 0.717) is 29.4 Å². The van der Waals surface area contributed by atoms with Crippen molar-refractivity contribution in [1.29, 1.82) is 0 Å². The largest absolute Gasteiger partial charge is 0.387 e. The van der Waals surface area contributed by atoms with E-state index in [0.717, 1.165) is 0 Å². The molecule has 4 atom stereocenters. The Bertz CT molecular complexity index is 763. The van der Waals surface area contributed by atoms with E-state index in [9.17, 15) is 15.0 Å². The lowest BCUT2D eigenvalue weighted by atomic mass is 10.1. The molecule has 0 spiro atoms. The summed E-state index contributed by atoms with van der Waals surface area (Å²) < 4.78 is 7.06. The Hall–Kier alpha value is -2.30. The van der Waals surface area contributed by atoms with Gasteiger partial charge in [0.1, 0.15) is 18.0 Å². The zero-order chi connectivity index (χ0) is 17.4. The Morgan fingerprint density at radius 1 is 1.38 bits per heavy atom. The number of fused-ring (bicyclic) bond motifs is 1. The predicted octanol–water partition coefficient (Wildman–Crippen LogP) is -1.07. The molecule has 1 saturated heterocycles. The van der Waals surface area contributed by atoms with E-state index in [1.165, 1.54) is 17.9 Å². The lowest BCUT2D eigenvalue weighted by Crippen LogP contribution is -2.41. The SMILES string of the molecule is CCNc1nc(C)nc2c1ncn2[C@@H]1O[C@H](C(=O)NC)[C@@H](O)[C@H]1O. The van der Waals surface area contributed by atoms with Crippen LogP contribution in [0.3, 0.4) is 0 Å². The molecule has 130 valence electrons. The van der Waals surface area contributed by atoms with Crippen LogP contribution < -0.4 is 10.6 Å². The Kier molecular flexibility index (Phi) is 4.35. The number of nitrogens with zero attached hydrogens (tertiary/aromatic N) is 4. The summed E-state index contributed by atoms with van der Waals surface area (Å²) in [6.45, 7) is 4.35. The van der Waals surface area contributed by atoms with Crippen molar-refractivity contribution in [3.8, 4) is 0 Å². The molecule has 10 heteroatoms. The zero-order valence-corrected chi connectivity index (χ0v) is 13.6. The highest BCUT2D eigenvalue weighted by Gasteiger charge is 2.47. The fourth-order valence-corrected chi connectivity index (χ4v) is 2.75. The number of amides is 1. The number of carbonyl (C=O) groups excluding carboxylic acids is 1. The van der Waals surface area contributed by atoms with Gasteiger partial charge in [-0.05, 0) is 13.8 Å². The summed E-state index contributed by atoms with van der Waals surface area (Å²) in [6.07, 6.45) is -3.32. The van der Waals surface area contributed by atoms with Gasteiger partial charge in [0, 0.05) is 13.6 Å². The molecule has 4 N–H and O–H groups in total. The molecule has 1 aliphatic heterocycles. The Morgan fingerprint density at radius 2 is 2.12 bits per heavy atom. The van der Waals surface area contributed by atoms with Crippen molar-refractivity contribution in [2.45, 2.75) is 38.4 Å². The maximum absolute atomic E-state index is 11.8. The lowest BCUT2D eigenvalue weighted by molar-refractivity contribution is -0.137. The highest BCUT2D eigenvalue weighted by Crippen LogP contribution is 2.32. The molecule has 0 aliphatic carbocycles. The van der Waals surface area contributed by atoms with E-state index in [-0.39, 0.29) is 0 Å². The monoisotopic (exact) mass is 336 g/mol. The second-order valence-corrected chi connectivity index (χ2v) is 5.52. The number of aliphatic hydroxyl groups excluding tert-OH is 2. The predicted molar refractivity (Wildman–Crippen MR) is 84.2 cm³/mol. The highest BCUT2D eigenvalue weighted by atomic mass is 16.6. The fraction of sp³-hybridized carbons (Fsp3) is 0.571. The summed E-state index contributed by atoms with van der Waals surface area (Å²) in [7, 11) is 1.43. The van der Waals surface area contributed by atoms with Gasteiger partial charge in [-0.15, -0.1) is 0 Å². The number of aryl methyl sites for hydroxylation is 1. The van der Waals surface area contributed by atoms with Gasteiger partial charge in [0.15, 0.2) is 29.3 Å². The minimum absolute atomic E-state index is 0.451. The first kappa shape index (κ1) is 16.6. The molecule has 1 aliphatic rings. The molecule has 0 unspecified atom stereocenters. The van der Waals surface area contributed by atoms with Crippen LogP contribution in [-0.2, 0) is 9.53 Å². The van der Waals surface area contributed by atoms with Gasteiger partial charge in [0.05, 0.1) is 6.33 Å². The minimum atomic E-state index is -1.34. The number of anilines is 1. The van der Waals surface area contributed by atoms with E-state index in [4.69, 9.17) is 4.74 Å². The molecule has 0 saturated carbocycles. The summed E-state index contributed by atoms with van der Waals surface area (Å²) in [4.78, 5) is 24.7. The summed E-state index contributed by atoms with van der Waals surface area (Å²) in [6, 6.07) is 0. The number of nitrogens with one attached hydrogen (secondary N) is 2. The van der Waals surface area contributed by atoms with Crippen molar-refractivity contribution >= 4 is 22.9 Å². The summed E-state index contributed by atoms with van der Waals surface area (Å²) in [5, 5.41) is 25.9. The minimum Gasteiger partial charge on any atom is -0.387 e. The molecule has 2 aromatic rings. The number of ether oxygens (including phenoxy) is 1. The van der Waals surface area contributed by atoms with Crippen LogP contribution in [0.25, 0.3) is 11.2 Å². The molecule has 3 rings (SSSR count). The average Bonchev–Trinajstić information content (AvgIpc) is 3.09. The maximum atomic E-state index is 11.8. The maximum Gasteiger partial charge on any atom is 0.251 e. The highest BCUT2D eigenvalue weighted by molar-refractivity contribution is 5.83. The van der Waals surface area contributed by atoms with E-state index < -0.39 is 30.4 Å². The van der Waals surface area contributed by atoms with E-state index in [1.807, 2.05) is 6.92 Å². The van der Waals surface area contributed by atoms with Gasteiger partial charge in [-0.25, -0.2) is 15.0 Å². The first-order chi connectivity index (χ1) is 11.5. The molecule has 0 bridgehead atoms. The normalized spacial score (nSPS) is 26.7. The van der Waals surface area contributed by atoms with Crippen molar-refractivity contribution in [1.82, 2.24) is 24.8 Å². The molecule has 10 nitrogen and oxygen atoms in total. The van der Waals surface area contributed by atoms with Gasteiger partial charge >= 0.3 is 0 Å². The quantitative estimate of drug-likeness (QED) is 0.554. The van der Waals surface area contributed by atoms with Crippen molar-refractivity contribution in [2.24, 2.45) is 0 Å². The van der Waals surface area contributed by atoms with Crippen LogP contribution >= 0.6 is 0 Å². The molecule has 3 heterocycles. The topological polar surface area (TPSA) is 134 Å². The first-order valence-corrected chi connectivity index (χ1v) is 7.66. The van der Waals surface area contributed by atoms with Gasteiger partial charge < -0.3 is 25.6 Å². The van der Waals surface area contributed by atoms with Crippen LogP contribution in [0.5, 0.6) is 0 Å². The van der Waals surface area contributed by atoms with Crippen molar-refractivity contribution in [3.05, 3.63) is 12.2 Å². The number of imidazole rings is 1. The smallest absolute Gasteiger partial charge is 0.251 e. The summed E-state index contributed by atoms with van der Waals surface area (Å²) >= 11 is 0. The molecule has 1 fully saturated rings. The van der Waals surface area contributed by atoms with Gasteiger partial charge in [-0.2, -0.15) is 0 Å². The van der Waals surface area contributed by atoms with E-state index in [2.05, 4.69) is 25.6 Å². The summed E-state index contributed by atoms with van der Waals surface area (Å²) in [5.74, 6) is 0.596. The van der Waals surface area contributed by atoms with Crippen LogP contribution in [-0.4, -0.2) is 67.5 Å². The first-order valence-electron chi connectivity index (χ1n) is 7.66. The third-order valence-corrected chi connectivity index (χ3v) is 3.89. The average molecular weight is 336 g/mol. The molecule has 0 aromatic carbocycles. The number of hydrogen-bond donors (Lipinski definition) is 4. The second kappa shape index (κ2) is 6.30. The number of aromatic nitrogens is 4. The Morgan fingerprint density at radius 3 is 2.79 bits per heavy atom. The molecule has 24 heavy (non-hydrogen) atoms. The van der Waals surface area contributed by atoms with E-state index >= 15 is 0 Å². The van der Waals surface area contributed by atoms with Crippen molar-refractivity contribution in [2.75, 3.05) is 18.9 Å². The van der Waals surface area contributed by atoms with Crippen LogP contribution in [0.2, 0.25) is 0 Å². The molecule has 0 radical (unpaired) electrons. The molecular formula is C14H20N6O4. The molecular weight excluding hydrogens is 316 g/mol. The number of likely N-dealkylation sites (N-methyl/N-ethyl adjacent to an activating group) is 1. The van der Waals surface area contributed by atoms with Gasteiger partial charge in [0.2, 0.25) is 0 Å². The Balaban J connectivity index is 2.02. The van der Waals surface area contributed by atoms with E-state index in [1.54, 1.807) is 6.92 Å². The van der Waals surface area contributed by atoms with Crippen LogP contribution in [0.15, 0.2) is 6.33 Å². The number of hydrogen-bond acceptors (Lipinski definition) is 8. The number of aliphatic hydroxyl groups is 2. The van der Waals surface area contributed by atoms with Crippen LogP contribution in [0, 0.1) is 6.92 Å². The van der Waals surface area contributed by atoms with Gasteiger partial charge in [-0.3, -0.25) is 9.36 Å². The fourth-order valence-electron chi connectivity index (χ4n) is 2.75. The Labute approximate surface area is 137 Å². The second-order valence-electron chi connectivity index (χ2n) is 5.52. The number of carbonyl (C=O) groups is 1. The summed E-state index contributed by atoms with van der Waals surface area (Å²) in [5.41, 5.74) is 0.975. The van der Waals surface area contributed by atoms with Gasteiger partial charge in [0.25, 0.3) is 5.91 Å². The zero-order valence-electron chi connectivity index (χ0n) is 13.6. The molecule has 1 amide bonds. The number of rotatable bonds is 4. The van der Waals surface area contributed by atoms with Crippen LogP contribution in [0.4, 0.5) is 5.82 Å². The molecule has 2 aromatic heterocycles. The van der Waals surface area contributed by atoms with Crippen molar-refractivity contribution in [3.63, 3.8) is 0 Å². The lowest BCUT2D eigenvalue weighted by Gasteiger charge is -2.16. The van der Waals surface area contributed by atoms with Gasteiger partial charge in [-0.1, -0.05) is 0 Å². The third kappa shape index (κ3) is 2.58. The van der Waals surface area contributed by atoms with Crippen molar-refractivity contribution < 1.29 is 19.7 Å².